The minimum atomic E-state index is -4.38. The van der Waals surface area contributed by atoms with Gasteiger partial charge in [-0.25, -0.2) is 4.98 Å². The van der Waals surface area contributed by atoms with E-state index in [2.05, 4.69) is 4.98 Å². The van der Waals surface area contributed by atoms with Crippen molar-refractivity contribution in [1.29, 1.82) is 5.26 Å². The fourth-order valence-corrected chi connectivity index (χ4v) is 2.01. The highest BCUT2D eigenvalue weighted by Gasteiger charge is 2.40. The second-order valence-corrected chi connectivity index (χ2v) is 4.38. The van der Waals surface area contributed by atoms with E-state index >= 15 is 0 Å². The molecule has 0 fully saturated rings. The molecule has 0 N–H and O–H groups in total. The summed E-state index contributed by atoms with van der Waals surface area (Å²) in [6.07, 6.45) is -5.21. The Balaban J connectivity index is 2.34. The van der Waals surface area contributed by atoms with Crippen molar-refractivity contribution in [3.05, 3.63) is 30.1 Å². The van der Waals surface area contributed by atoms with Gasteiger partial charge in [0.05, 0.1) is 23.0 Å². The normalized spacial score (nSPS) is 13.4. The molecule has 0 saturated carbocycles. The number of aromatic nitrogens is 2. The van der Waals surface area contributed by atoms with Gasteiger partial charge in [0.25, 0.3) is 0 Å². The van der Waals surface area contributed by atoms with Crippen LogP contribution in [-0.2, 0) is 13.5 Å². The molecule has 3 nitrogen and oxygen atoms in total. The predicted octanol–water partition coefficient (Wildman–Crippen LogP) is 3.21. The van der Waals surface area contributed by atoms with Crippen LogP contribution < -0.4 is 0 Å². The summed E-state index contributed by atoms with van der Waals surface area (Å²) >= 11 is 0. The van der Waals surface area contributed by atoms with E-state index in [0.29, 0.717) is 11.3 Å². The molecule has 0 bridgehead atoms. The Kier molecular flexibility index (Phi) is 3.47. The first-order valence-corrected chi connectivity index (χ1v) is 5.77. The van der Waals surface area contributed by atoms with Gasteiger partial charge in [-0.3, -0.25) is 0 Å². The van der Waals surface area contributed by atoms with Crippen LogP contribution >= 0.6 is 0 Å². The van der Waals surface area contributed by atoms with Gasteiger partial charge in [-0.15, -0.1) is 0 Å². The predicted molar refractivity (Wildman–Crippen MR) is 64.2 cm³/mol. The highest BCUT2D eigenvalue weighted by molar-refractivity contribution is 5.75. The number of hydrogen-bond donors (Lipinski definition) is 0. The number of rotatable bonds is 3. The van der Waals surface area contributed by atoms with Crippen molar-refractivity contribution < 1.29 is 13.2 Å². The third-order valence-corrected chi connectivity index (χ3v) is 3.11. The number of nitrogens with zero attached hydrogens (tertiary/aromatic N) is 3. The number of aryl methyl sites for hydroxylation is 1. The van der Waals surface area contributed by atoms with Crippen molar-refractivity contribution in [1.82, 2.24) is 9.55 Å². The van der Waals surface area contributed by atoms with E-state index in [1.54, 1.807) is 35.9 Å². The molecule has 0 aliphatic heterocycles. The van der Waals surface area contributed by atoms with Gasteiger partial charge in [0, 0.05) is 19.9 Å². The van der Waals surface area contributed by atoms with Gasteiger partial charge >= 0.3 is 6.18 Å². The van der Waals surface area contributed by atoms with Gasteiger partial charge in [-0.1, -0.05) is 12.1 Å². The van der Waals surface area contributed by atoms with Crippen molar-refractivity contribution in [3.8, 4) is 6.07 Å². The Morgan fingerprint density at radius 2 is 2.05 bits per heavy atom. The second kappa shape index (κ2) is 4.92. The minimum absolute atomic E-state index is 0.276. The summed E-state index contributed by atoms with van der Waals surface area (Å²) in [6.45, 7) is 0. The molecule has 0 spiro atoms. The highest BCUT2D eigenvalue weighted by atomic mass is 19.4. The lowest BCUT2D eigenvalue weighted by molar-refractivity contribution is -0.173. The first kappa shape index (κ1) is 13.4. The van der Waals surface area contributed by atoms with Crippen LogP contribution in [0, 0.1) is 17.2 Å². The first-order chi connectivity index (χ1) is 8.93. The van der Waals surface area contributed by atoms with Crippen LogP contribution in [0.4, 0.5) is 13.2 Å². The number of halogens is 3. The maximum atomic E-state index is 12.8. The van der Waals surface area contributed by atoms with Gasteiger partial charge in [0.1, 0.15) is 5.82 Å². The summed E-state index contributed by atoms with van der Waals surface area (Å²) in [5.74, 6) is -1.33. The molecule has 19 heavy (non-hydrogen) atoms. The maximum Gasteiger partial charge on any atom is 0.393 e. The summed E-state index contributed by atoms with van der Waals surface area (Å²) in [6, 6.07) is 8.75. The minimum Gasteiger partial charge on any atom is -0.331 e. The van der Waals surface area contributed by atoms with Crippen LogP contribution in [0.3, 0.4) is 0 Å². The Morgan fingerprint density at radius 1 is 1.37 bits per heavy atom. The fourth-order valence-electron chi connectivity index (χ4n) is 2.01. The Morgan fingerprint density at radius 3 is 2.63 bits per heavy atom. The van der Waals surface area contributed by atoms with Crippen LogP contribution in [0.15, 0.2) is 24.3 Å². The lowest BCUT2D eigenvalue weighted by atomic mass is 10.0. The molecule has 0 unspecified atom stereocenters. The summed E-state index contributed by atoms with van der Waals surface area (Å²) < 4.78 is 40.0. The molecule has 1 aromatic heterocycles. The number of imidazole rings is 1. The fraction of sp³-hybridized carbons (Fsp3) is 0.385. The molecule has 6 heteroatoms. The summed E-state index contributed by atoms with van der Waals surface area (Å²) in [7, 11) is 1.68. The number of fused-ring (bicyclic) bond motifs is 1. The summed E-state index contributed by atoms with van der Waals surface area (Å²) in [4.78, 5) is 4.20. The van der Waals surface area contributed by atoms with E-state index in [1.165, 1.54) is 0 Å². The lowest BCUT2D eigenvalue weighted by Crippen LogP contribution is -2.25. The smallest absolute Gasteiger partial charge is 0.331 e. The average Bonchev–Trinajstić information content (AvgIpc) is 2.65. The summed E-state index contributed by atoms with van der Waals surface area (Å²) in [5.41, 5.74) is 1.45. The summed E-state index contributed by atoms with van der Waals surface area (Å²) in [5, 5.41) is 8.51. The van der Waals surface area contributed by atoms with Gasteiger partial charge < -0.3 is 4.57 Å². The molecular formula is C13H12F3N3. The van der Waals surface area contributed by atoms with E-state index in [9.17, 15) is 13.2 Å². The largest absolute Gasteiger partial charge is 0.393 e. The molecule has 1 aromatic carbocycles. The van der Waals surface area contributed by atoms with Crippen LogP contribution in [0.1, 0.15) is 12.2 Å². The molecule has 1 heterocycles. The molecule has 0 aliphatic carbocycles. The number of para-hydroxylation sites is 2. The molecule has 2 aromatic rings. The zero-order valence-electron chi connectivity index (χ0n) is 10.3. The van der Waals surface area contributed by atoms with Gasteiger partial charge in [0.2, 0.25) is 0 Å². The molecular weight excluding hydrogens is 255 g/mol. The van der Waals surface area contributed by atoms with Gasteiger partial charge in [-0.2, -0.15) is 18.4 Å². The zero-order chi connectivity index (χ0) is 14.0. The number of nitriles is 1. The van der Waals surface area contributed by atoms with Crippen molar-refractivity contribution in [2.75, 3.05) is 0 Å². The molecule has 2 rings (SSSR count). The molecule has 0 radical (unpaired) electrons. The third-order valence-electron chi connectivity index (χ3n) is 3.11. The monoisotopic (exact) mass is 267 g/mol. The molecule has 0 saturated heterocycles. The van der Waals surface area contributed by atoms with Crippen LogP contribution in [0.2, 0.25) is 0 Å². The van der Waals surface area contributed by atoms with Crippen molar-refractivity contribution >= 4 is 11.0 Å². The SMILES string of the molecule is Cn1c(C[C@H](CC#N)C(F)(F)F)nc2ccccc21. The van der Waals surface area contributed by atoms with E-state index in [4.69, 9.17) is 5.26 Å². The van der Waals surface area contributed by atoms with Gasteiger partial charge in [-0.05, 0) is 12.1 Å². The first-order valence-electron chi connectivity index (χ1n) is 5.77. The van der Waals surface area contributed by atoms with Crippen molar-refractivity contribution in [2.24, 2.45) is 13.0 Å². The zero-order valence-corrected chi connectivity index (χ0v) is 10.3. The standard InChI is InChI=1S/C13H12F3N3/c1-19-11-5-3-2-4-10(11)18-12(19)8-9(6-7-17)13(14,15)16/h2-5,9H,6,8H2,1H3/t9-/m0/s1. The van der Waals surface area contributed by atoms with Crippen LogP contribution in [0.25, 0.3) is 11.0 Å². The maximum absolute atomic E-state index is 12.8. The third kappa shape index (κ3) is 2.70. The average molecular weight is 267 g/mol. The van der Waals surface area contributed by atoms with Crippen LogP contribution in [-0.4, -0.2) is 15.7 Å². The topological polar surface area (TPSA) is 41.6 Å². The van der Waals surface area contributed by atoms with E-state index in [1.807, 2.05) is 6.07 Å². The molecule has 0 aliphatic rings. The quantitative estimate of drug-likeness (QED) is 0.856. The van der Waals surface area contributed by atoms with Crippen LogP contribution in [0.5, 0.6) is 0 Å². The van der Waals surface area contributed by atoms with E-state index < -0.39 is 18.5 Å². The van der Waals surface area contributed by atoms with E-state index in [-0.39, 0.29) is 6.42 Å². The molecule has 0 amide bonds. The highest BCUT2D eigenvalue weighted by Crippen LogP contribution is 2.31. The van der Waals surface area contributed by atoms with Crippen molar-refractivity contribution in [2.45, 2.75) is 19.0 Å². The lowest BCUT2D eigenvalue weighted by Gasteiger charge is -2.16. The Hall–Kier alpha value is -2.03. The Labute approximate surface area is 108 Å². The Bertz CT molecular complexity index is 622. The second-order valence-electron chi connectivity index (χ2n) is 4.38. The van der Waals surface area contributed by atoms with E-state index in [0.717, 1.165) is 5.52 Å². The number of hydrogen-bond acceptors (Lipinski definition) is 2. The van der Waals surface area contributed by atoms with Gasteiger partial charge in [0.15, 0.2) is 0 Å². The number of benzene rings is 1. The molecule has 100 valence electrons. The van der Waals surface area contributed by atoms with Crippen molar-refractivity contribution in [3.63, 3.8) is 0 Å². The molecule has 1 atom stereocenters. The number of alkyl halides is 3.